The molecule has 2 unspecified atom stereocenters. The molecule has 6 rings (SSSR count). The summed E-state index contributed by atoms with van der Waals surface area (Å²) in [6, 6.07) is 19.8. The van der Waals surface area contributed by atoms with Gasteiger partial charge < -0.3 is 0 Å². The van der Waals surface area contributed by atoms with E-state index in [0.717, 1.165) is 42.7 Å². The second kappa shape index (κ2) is 17.5. The molecular formula is C60H83Cl2Zr. The second-order valence-electron chi connectivity index (χ2n) is 24.2. The van der Waals surface area contributed by atoms with E-state index in [-0.39, 0.29) is 28.9 Å². The quantitative estimate of drug-likeness (QED) is 0.141. The maximum absolute atomic E-state index is 9.05. The Morgan fingerprint density at radius 3 is 1.00 bits per heavy atom. The molecule has 0 nitrogen and oxygen atoms in total. The van der Waals surface area contributed by atoms with E-state index in [1.54, 1.807) is 0 Å². The first kappa shape index (κ1) is 50.2. The molecule has 0 saturated carbocycles. The van der Waals surface area contributed by atoms with Gasteiger partial charge in [0.15, 0.2) is 0 Å². The summed E-state index contributed by atoms with van der Waals surface area (Å²) in [7, 11) is 18.1. The average Bonchev–Trinajstić information content (AvgIpc) is 3.76. The molecule has 0 spiro atoms. The van der Waals surface area contributed by atoms with Crippen LogP contribution in [-0.4, -0.2) is 0 Å². The van der Waals surface area contributed by atoms with Crippen LogP contribution in [0.25, 0.3) is 34.4 Å². The molecule has 341 valence electrons. The predicted molar refractivity (Wildman–Crippen MR) is 280 cm³/mol. The minimum atomic E-state index is -5.16. The maximum atomic E-state index is 9.05. The summed E-state index contributed by atoms with van der Waals surface area (Å²) in [4.78, 5) is 0. The van der Waals surface area contributed by atoms with Crippen LogP contribution in [0.15, 0.2) is 59.7 Å². The van der Waals surface area contributed by atoms with Gasteiger partial charge >= 0.3 is 397 Å². The Kier molecular flexibility index (Phi) is 13.9. The van der Waals surface area contributed by atoms with E-state index in [1.807, 2.05) is 0 Å². The molecule has 2 aliphatic rings. The van der Waals surface area contributed by atoms with E-state index >= 15 is 0 Å². The van der Waals surface area contributed by atoms with Gasteiger partial charge in [-0.3, -0.25) is 0 Å². The summed E-state index contributed by atoms with van der Waals surface area (Å²) in [6.45, 7) is 44.5. The molecule has 63 heavy (non-hydrogen) atoms. The van der Waals surface area contributed by atoms with Crippen molar-refractivity contribution in [2.75, 3.05) is 0 Å². The Balaban J connectivity index is 1.69. The average molecular weight is 966 g/mol. The van der Waals surface area contributed by atoms with Crippen LogP contribution >= 0.6 is 17.0 Å². The number of hydrogen-bond donors (Lipinski definition) is 0. The van der Waals surface area contributed by atoms with Gasteiger partial charge in [-0.1, -0.05) is 0 Å². The van der Waals surface area contributed by atoms with E-state index in [2.05, 4.69) is 192 Å². The predicted octanol–water partition coefficient (Wildman–Crippen LogP) is 19.8. The van der Waals surface area contributed by atoms with Gasteiger partial charge in [0.05, 0.1) is 0 Å². The van der Waals surface area contributed by atoms with Crippen LogP contribution < -0.4 is 0 Å². The Morgan fingerprint density at radius 2 is 0.746 bits per heavy atom. The number of benzene rings is 4. The third-order valence-corrected chi connectivity index (χ3v) is 35.7. The molecule has 0 heterocycles. The summed E-state index contributed by atoms with van der Waals surface area (Å²) in [5.74, 6) is 0. The Morgan fingerprint density at radius 1 is 0.444 bits per heavy atom. The van der Waals surface area contributed by atoms with Gasteiger partial charge in [0.25, 0.3) is 0 Å². The molecule has 0 aliphatic heterocycles. The Bertz CT molecular complexity index is 2240. The SMILES string of the molecule is CCCCC1=Cc2c(-c3cc(C(C)(C)C)cc(C(C)(C)C)c3)c(C)cc(C)c2[CH]1[Zr]([Cl])([Cl])([CH2]C)[CH]1C(CCCC)=Cc2c(-c3cc(C(C)(C)C)cc(C(C)(C)C)c3)c(C)cc(C)c21. The van der Waals surface area contributed by atoms with Crippen LogP contribution in [0.1, 0.15) is 216 Å². The number of rotatable bonds is 11. The number of halogens is 2. The molecule has 3 heteroatoms. The van der Waals surface area contributed by atoms with Gasteiger partial charge in [-0.2, -0.15) is 0 Å². The summed E-state index contributed by atoms with van der Waals surface area (Å²) < 4.78 is 0.865. The third kappa shape index (κ3) is 9.41. The molecule has 0 radical (unpaired) electrons. The van der Waals surface area contributed by atoms with Crippen molar-refractivity contribution in [2.24, 2.45) is 0 Å². The third-order valence-electron chi connectivity index (χ3n) is 15.0. The van der Waals surface area contributed by atoms with Crippen molar-refractivity contribution in [1.29, 1.82) is 0 Å². The first-order valence-electron chi connectivity index (χ1n) is 24.6. The van der Waals surface area contributed by atoms with E-state index < -0.39 is 16.4 Å². The zero-order valence-corrected chi connectivity index (χ0v) is 47.1. The van der Waals surface area contributed by atoms with Crippen LogP contribution in [0, 0.1) is 27.7 Å². The van der Waals surface area contributed by atoms with Crippen LogP contribution in [-0.2, 0) is 38.1 Å². The van der Waals surface area contributed by atoms with E-state index in [0.29, 0.717) is 0 Å². The van der Waals surface area contributed by atoms with Crippen molar-refractivity contribution in [1.82, 2.24) is 0 Å². The fourth-order valence-corrected chi connectivity index (χ4v) is 29.5. The molecule has 0 amide bonds. The fraction of sp³-hybridized carbons (Fsp3) is 0.533. The van der Waals surface area contributed by atoms with Gasteiger partial charge in [0.1, 0.15) is 0 Å². The molecule has 0 saturated heterocycles. The number of fused-ring (bicyclic) bond motifs is 2. The molecule has 0 bridgehead atoms. The summed E-state index contributed by atoms with van der Waals surface area (Å²) >= 11 is -5.16. The first-order valence-corrected chi connectivity index (χ1v) is 35.5. The monoisotopic (exact) mass is 963 g/mol. The van der Waals surface area contributed by atoms with E-state index in [4.69, 9.17) is 17.0 Å². The summed E-state index contributed by atoms with van der Waals surface area (Å²) in [6.07, 6.45) is 11.8. The van der Waals surface area contributed by atoms with Gasteiger partial charge in [0.2, 0.25) is 0 Å². The van der Waals surface area contributed by atoms with Gasteiger partial charge in [-0.25, -0.2) is 0 Å². The normalized spacial score (nSPS) is 17.6. The van der Waals surface area contributed by atoms with Gasteiger partial charge in [-0.15, -0.1) is 0 Å². The van der Waals surface area contributed by atoms with Crippen molar-refractivity contribution in [3.05, 3.63) is 126 Å². The molecule has 2 aliphatic carbocycles. The molecular weight excluding hydrogens is 883 g/mol. The van der Waals surface area contributed by atoms with E-state index in [1.165, 1.54) is 100 Å². The number of unbranched alkanes of at least 4 members (excludes halogenated alkanes) is 2. The molecule has 0 N–H and O–H groups in total. The standard InChI is InChI=1S/2C29H39.C2H5.2ClH.Zr/c2*1-10-11-12-21-14-25-19(2)13-20(3)27(26(25)15-21)22-16-23(28(4,5)6)18-24(17-22)29(7,8)9;1-2;;;/h2*13-18H,10-12H2,1-9H3;1H2,2H3;2*1H;/q;;;;;+2/p-2. The van der Waals surface area contributed by atoms with E-state index in [9.17, 15) is 0 Å². The van der Waals surface area contributed by atoms with Crippen LogP contribution in [0.4, 0.5) is 0 Å². The van der Waals surface area contributed by atoms with Crippen molar-refractivity contribution in [3.8, 4) is 22.3 Å². The van der Waals surface area contributed by atoms with Crippen molar-refractivity contribution < 1.29 is 16.4 Å². The Labute approximate surface area is 394 Å². The number of allylic oxidation sites excluding steroid dienone is 2. The fourth-order valence-electron chi connectivity index (χ4n) is 11.2. The molecule has 0 aromatic heterocycles. The summed E-state index contributed by atoms with van der Waals surface area (Å²) in [5, 5.41) is 0. The zero-order chi connectivity index (χ0) is 47.0. The van der Waals surface area contributed by atoms with Gasteiger partial charge in [-0.05, 0) is 0 Å². The Hall–Kier alpha value is -2.18. The van der Waals surface area contributed by atoms with Crippen LogP contribution in [0.5, 0.6) is 0 Å². The number of hydrogen-bond acceptors (Lipinski definition) is 0. The zero-order valence-electron chi connectivity index (χ0n) is 43.1. The second-order valence-corrected chi connectivity index (χ2v) is 47.2. The number of aryl methyl sites for hydroxylation is 4. The molecule has 4 aromatic carbocycles. The molecule has 0 fully saturated rings. The van der Waals surface area contributed by atoms with Crippen molar-refractivity contribution in [3.63, 3.8) is 0 Å². The summed E-state index contributed by atoms with van der Waals surface area (Å²) in [5.41, 5.74) is 24.8. The first-order chi connectivity index (χ1) is 29.0. The topological polar surface area (TPSA) is 0 Å². The minimum absolute atomic E-state index is 0.0150. The van der Waals surface area contributed by atoms with Crippen molar-refractivity contribution >= 4 is 29.2 Å². The van der Waals surface area contributed by atoms with Crippen LogP contribution in [0.2, 0.25) is 4.13 Å². The molecule has 4 aromatic rings. The molecule has 2 atom stereocenters. The van der Waals surface area contributed by atoms with Crippen molar-refractivity contribution in [2.45, 2.75) is 203 Å². The van der Waals surface area contributed by atoms with Gasteiger partial charge in [0, 0.05) is 0 Å². The van der Waals surface area contributed by atoms with Crippen LogP contribution in [0.3, 0.4) is 0 Å².